The van der Waals surface area contributed by atoms with Crippen LogP contribution in [0, 0.1) is 13.8 Å². The van der Waals surface area contributed by atoms with Gasteiger partial charge in [-0.3, -0.25) is 0 Å². The summed E-state index contributed by atoms with van der Waals surface area (Å²) in [4.78, 5) is 15.4. The van der Waals surface area contributed by atoms with Crippen LogP contribution in [0.1, 0.15) is 16.3 Å². The number of rotatable bonds is 3. The van der Waals surface area contributed by atoms with Crippen molar-refractivity contribution in [2.24, 2.45) is 0 Å². The van der Waals surface area contributed by atoms with Crippen LogP contribution in [0.3, 0.4) is 0 Å². The topological polar surface area (TPSA) is 38.7 Å². The van der Waals surface area contributed by atoms with Crippen molar-refractivity contribution in [3.05, 3.63) is 44.8 Å². The monoisotopic (exact) mass is 355 g/mol. The molecule has 0 radical (unpaired) electrons. The molecule has 3 aromatic heterocycles. The van der Waals surface area contributed by atoms with Crippen LogP contribution in [0.15, 0.2) is 23.4 Å². The molecule has 0 saturated heterocycles. The van der Waals surface area contributed by atoms with Crippen LogP contribution in [-0.2, 0) is 5.75 Å². The Morgan fingerprint density at radius 1 is 1.24 bits per heavy atom. The van der Waals surface area contributed by atoms with Crippen molar-refractivity contribution in [1.29, 1.82) is 0 Å². The molecule has 0 saturated carbocycles. The van der Waals surface area contributed by atoms with Crippen molar-refractivity contribution in [2.45, 2.75) is 24.6 Å². The van der Waals surface area contributed by atoms with E-state index < -0.39 is 0 Å². The first kappa shape index (κ1) is 15.0. The second-order valence-electron chi connectivity index (χ2n) is 4.47. The van der Waals surface area contributed by atoms with Crippen molar-refractivity contribution < 1.29 is 0 Å². The third kappa shape index (κ3) is 3.01. The van der Waals surface area contributed by atoms with Gasteiger partial charge in [0.1, 0.15) is 20.8 Å². The molecule has 0 aliphatic rings. The molecule has 0 fully saturated rings. The molecule has 3 heterocycles. The molecule has 0 amide bonds. The zero-order valence-corrected chi connectivity index (χ0v) is 14.5. The van der Waals surface area contributed by atoms with Crippen molar-refractivity contribution in [1.82, 2.24) is 15.0 Å². The molecule has 0 spiro atoms. The van der Waals surface area contributed by atoms with Gasteiger partial charge in [-0.2, -0.15) is 0 Å². The fourth-order valence-corrected chi connectivity index (χ4v) is 4.37. The lowest BCUT2D eigenvalue weighted by molar-refractivity contribution is 1.06. The fraction of sp³-hybridized carbons (Fsp3) is 0.214. The van der Waals surface area contributed by atoms with E-state index in [1.807, 2.05) is 19.1 Å². The van der Waals surface area contributed by atoms with Gasteiger partial charge in [0.2, 0.25) is 0 Å². The molecule has 21 heavy (non-hydrogen) atoms. The molecule has 108 valence electrons. The molecule has 7 heteroatoms. The minimum atomic E-state index is 0.518. The highest BCUT2D eigenvalue weighted by Crippen LogP contribution is 2.34. The van der Waals surface area contributed by atoms with Gasteiger partial charge in [0, 0.05) is 11.1 Å². The maximum atomic E-state index is 6.30. The van der Waals surface area contributed by atoms with Crippen molar-refractivity contribution in [2.75, 3.05) is 0 Å². The van der Waals surface area contributed by atoms with Gasteiger partial charge in [0.15, 0.2) is 0 Å². The lowest BCUT2D eigenvalue weighted by atomic mass is 10.2. The Morgan fingerprint density at radius 2 is 2.05 bits per heavy atom. The molecule has 0 bridgehead atoms. The van der Waals surface area contributed by atoms with Gasteiger partial charge < -0.3 is 0 Å². The Balaban J connectivity index is 1.90. The van der Waals surface area contributed by atoms with Gasteiger partial charge in [-0.25, -0.2) is 15.0 Å². The summed E-state index contributed by atoms with van der Waals surface area (Å²) in [6.07, 6.45) is 1.72. The first-order valence-electron chi connectivity index (χ1n) is 6.21. The Labute approximate surface area is 140 Å². The second kappa shape index (κ2) is 6.08. The zero-order valence-electron chi connectivity index (χ0n) is 11.4. The average molecular weight is 356 g/mol. The van der Waals surface area contributed by atoms with E-state index in [0.29, 0.717) is 21.8 Å². The van der Waals surface area contributed by atoms with E-state index in [0.717, 1.165) is 20.8 Å². The Hall–Kier alpha value is -0.880. The predicted molar refractivity (Wildman–Crippen MR) is 90.7 cm³/mol. The Bertz CT molecular complexity index is 817. The smallest absolute Gasteiger partial charge is 0.142 e. The molecular formula is C14H11Cl2N3S2. The van der Waals surface area contributed by atoms with E-state index in [4.69, 9.17) is 23.2 Å². The van der Waals surface area contributed by atoms with Crippen molar-refractivity contribution >= 4 is 56.5 Å². The van der Waals surface area contributed by atoms with Gasteiger partial charge >= 0.3 is 0 Å². The maximum absolute atomic E-state index is 6.30. The van der Waals surface area contributed by atoms with Gasteiger partial charge in [-0.15, -0.1) is 11.3 Å². The number of aryl methyl sites for hydroxylation is 2. The predicted octanol–water partition coefficient (Wildman–Crippen LogP) is 5.30. The van der Waals surface area contributed by atoms with Gasteiger partial charge in [-0.05, 0) is 31.5 Å². The van der Waals surface area contributed by atoms with E-state index in [1.165, 1.54) is 16.6 Å². The third-order valence-electron chi connectivity index (χ3n) is 3.09. The number of thiophene rings is 1. The largest absolute Gasteiger partial charge is 0.248 e. The summed E-state index contributed by atoms with van der Waals surface area (Å²) in [5.74, 6) is 1.28. The molecule has 0 aromatic carbocycles. The maximum Gasteiger partial charge on any atom is 0.142 e. The van der Waals surface area contributed by atoms with Crippen LogP contribution >= 0.6 is 46.3 Å². The summed E-state index contributed by atoms with van der Waals surface area (Å²) >= 11 is 15.5. The number of aromatic nitrogens is 3. The lowest BCUT2D eigenvalue weighted by Crippen LogP contribution is -1.94. The highest BCUT2D eigenvalue weighted by atomic mass is 35.5. The summed E-state index contributed by atoms with van der Waals surface area (Å²) in [6.45, 7) is 4.12. The molecule has 0 N–H and O–H groups in total. The molecular weight excluding hydrogens is 345 g/mol. The molecule has 3 nitrogen and oxygen atoms in total. The Kier molecular flexibility index (Phi) is 4.36. The molecule has 0 unspecified atom stereocenters. The van der Waals surface area contributed by atoms with E-state index in [9.17, 15) is 0 Å². The lowest BCUT2D eigenvalue weighted by Gasteiger charge is -2.03. The van der Waals surface area contributed by atoms with Crippen molar-refractivity contribution in [3.8, 4) is 0 Å². The van der Waals surface area contributed by atoms with Crippen LogP contribution < -0.4 is 0 Å². The number of pyridine rings is 1. The number of thioether (sulfide) groups is 1. The second-order valence-corrected chi connectivity index (χ2v) is 7.41. The van der Waals surface area contributed by atoms with Gasteiger partial charge in [-0.1, -0.05) is 35.0 Å². The molecule has 0 aliphatic heterocycles. The van der Waals surface area contributed by atoms with E-state index in [1.54, 1.807) is 17.5 Å². The summed E-state index contributed by atoms with van der Waals surface area (Å²) in [5, 5.41) is 2.89. The number of nitrogens with zero attached hydrogens (tertiary/aromatic N) is 3. The number of hydrogen-bond donors (Lipinski definition) is 0. The molecule has 3 aromatic rings. The number of hydrogen-bond acceptors (Lipinski definition) is 5. The summed E-state index contributed by atoms with van der Waals surface area (Å²) in [5.41, 5.74) is 1.16. The SMILES string of the molecule is Cc1sc2nc(CSc3ncccc3Cl)nc(Cl)c2c1C. The quantitative estimate of drug-likeness (QED) is 0.471. The van der Waals surface area contributed by atoms with E-state index in [2.05, 4.69) is 21.9 Å². The summed E-state index contributed by atoms with van der Waals surface area (Å²) < 4.78 is 0. The highest BCUT2D eigenvalue weighted by Gasteiger charge is 2.13. The third-order valence-corrected chi connectivity index (χ3v) is 5.89. The van der Waals surface area contributed by atoms with Crippen LogP contribution in [0.25, 0.3) is 10.2 Å². The van der Waals surface area contributed by atoms with Crippen LogP contribution in [-0.4, -0.2) is 15.0 Å². The normalized spacial score (nSPS) is 11.2. The molecule has 0 atom stereocenters. The van der Waals surface area contributed by atoms with E-state index in [-0.39, 0.29) is 0 Å². The van der Waals surface area contributed by atoms with Gasteiger partial charge in [0.25, 0.3) is 0 Å². The van der Waals surface area contributed by atoms with Crippen LogP contribution in [0.4, 0.5) is 0 Å². The zero-order chi connectivity index (χ0) is 15.0. The average Bonchev–Trinajstić information content (AvgIpc) is 2.73. The molecule has 3 rings (SSSR count). The minimum absolute atomic E-state index is 0.518. The van der Waals surface area contributed by atoms with Crippen LogP contribution in [0.2, 0.25) is 10.2 Å². The summed E-state index contributed by atoms with van der Waals surface area (Å²) in [7, 11) is 0. The van der Waals surface area contributed by atoms with E-state index >= 15 is 0 Å². The number of fused-ring (bicyclic) bond motifs is 1. The first-order chi connectivity index (χ1) is 10.1. The van der Waals surface area contributed by atoms with Gasteiger partial charge in [0.05, 0.1) is 16.2 Å². The fourth-order valence-electron chi connectivity index (χ4n) is 1.92. The Morgan fingerprint density at radius 3 is 2.81 bits per heavy atom. The number of halogens is 2. The molecule has 0 aliphatic carbocycles. The highest BCUT2D eigenvalue weighted by molar-refractivity contribution is 7.98. The summed E-state index contributed by atoms with van der Waals surface area (Å²) in [6, 6.07) is 3.63. The first-order valence-corrected chi connectivity index (χ1v) is 8.77. The standard InChI is InChI=1S/C14H11Cl2N3S2/c1-7-8(2)21-14-11(7)12(16)18-10(19-14)6-20-13-9(15)4-3-5-17-13/h3-5H,6H2,1-2H3. The van der Waals surface area contributed by atoms with Crippen LogP contribution in [0.5, 0.6) is 0 Å². The van der Waals surface area contributed by atoms with Crippen molar-refractivity contribution in [3.63, 3.8) is 0 Å². The minimum Gasteiger partial charge on any atom is -0.248 e.